The van der Waals surface area contributed by atoms with Gasteiger partial charge in [-0.15, -0.1) is 10.2 Å². The van der Waals surface area contributed by atoms with Crippen LogP contribution in [0.5, 0.6) is 0 Å². The highest BCUT2D eigenvalue weighted by Crippen LogP contribution is 2.23. The van der Waals surface area contributed by atoms with Crippen LogP contribution in [0.25, 0.3) is 0 Å². The number of carbonyl (C=O) groups is 1. The molecule has 0 bridgehead atoms. The van der Waals surface area contributed by atoms with Gasteiger partial charge in [-0.3, -0.25) is 9.59 Å². The van der Waals surface area contributed by atoms with Crippen molar-refractivity contribution in [3.8, 4) is 0 Å². The first-order valence-corrected chi connectivity index (χ1v) is 7.65. The summed E-state index contributed by atoms with van der Waals surface area (Å²) in [7, 11) is 0. The number of nitrogens with one attached hydrogen (secondary N) is 1. The van der Waals surface area contributed by atoms with Gasteiger partial charge in [-0.2, -0.15) is 4.68 Å². The number of thioether (sulfide) groups is 1. The summed E-state index contributed by atoms with van der Waals surface area (Å²) in [6, 6.07) is 5.33. The predicted molar refractivity (Wildman–Crippen MR) is 86.7 cm³/mol. The third-order valence-corrected chi connectivity index (χ3v) is 4.01. The molecule has 1 heterocycles. The zero-order valence-corrected chi connectivity index (χ0v) is 13.5. The second-order valence-corrected chi connectivity index (χ2v) is 5.91. The molecule has 0 saturated carbocycles. The second-order valence-electron chi connectivity index (χ2n) is 4.56. The standard InChI is InChI=1S/C13H14ClN5O2S/c1-7-3-4-10(9(14)5-7)16-11(20)6-22-13-18-17-8(2)12(21)19(13)15/h3-5H,6,15H2,1-2H3,(H,16,20). The Kier molecular flexibility index (Phi) is 5.04. The molecule has 1 aromatic carbocycles. The van der Waals surface area contributed by atoms with E-state index in [4.69, 9.17) is 17.4 Å². The zero-order chi connectivity index (χ0) is 16.3. The van der Waals surface area contributed by atoms with Crippen molar-refractivity contribution in [3.63, 3.8) is 0 Å². The molecule has 0 aliphatic carbocycles. The van der Waals surface area contributed by atoms with Crippen LogP contribution < -0.4 is 16.7 Å². The molecule has 0 aliphatic rings. The van der Waals surface area contributed by atoms with E-state index in [0.717, 1.165) is 22.0 Å². The van der Waals surface area contributed by atoms with E-state index in [1.54, 1.807) is 12.1 Å². The lowest BCUT2D eigenvalue weighted by Gasteiger charge is -2.08. The highest BCUT2D eigenvalue weighted by Gasteiger charge is 2.11. The van der Waals surface area contributed by atoms with Gasteiger partial charge in [0, 0.05) is 0 Å². The number of hydrogen-bond donors (Lipinski definition) is 2. The van der Waals surface area contributed by atoms with Crippen molar-refractivity contribution in [3.05, 3.63) is 44.8 Å². The van der Waals surface area contributed by atoms with Crippen molar-refractivity contribution in [2.45, 2.75) is 19.0 Å². The molecular formula is C13H14ClN5O2S. The van der Waals surface area contributed by atoms with Gasteiger partial charge in [0.25, 0.3) is 5.56 Å². The average Bonchev–Trinajstić information content (AvgIpc) is 2.47. The fourth-order valence-corrected chi connectivity index (χ4v) is 2.54. The number of hydrogen-bond acceptors (Lipinski definition) is 6. The molecule has 0 radical (unpaired) electrons. The number of anilines is 1. The number of nitrogens with two attached hydrogens (primary N) is 1. The number of carbonyl (C=O) groups excluding carboxylic acids is 1. The van der Waals surface area contributed by atoms with Crippen LogP contribution in [0.3, 0.4) is 0 Å². The van der Waals surface area contributed by atoms with Gasteiger partial charge in [-0.25, -0.2) is 0 Å². The average molecular weight is 340 g/mol. The Morgan fingerprint density at radius 2 is 2.14 bits per heavy atom. The summed E-state index contributed by atoms with van der Waals surface area (Å²) in [5.41, 5.74) is 1.28. The van der Waals surface area contributed by atoms with Crippen LogP contribution in [0.15, 0.2) is 28.2 Å². The van der Waals surface area contributed by atoms with Gasteiger partial charge in [-0.05, 0) is 31.5 Å². The molecule has 0 fully saturated rings. The Morgan fingerprint density at radius 1 is 1.41 bits per heavy atom. The first-order valence-electron chi connectivity index (χ1n) is 6.28. The fourth-order valence-electron chi connectivity index (χ4n) is 1.61. The number of halogens is 1. The van der Waals surface area contributed by atoms with E-state index in [2.05, 4.69) is 15.5 Å². The summed E-state index contributed by atoms with van der Waals surface area (Å²) in [5, 5.41) is 10.8. The Balaban J connectivity index is 2.01. The highest BCUT2D eigenvalue weighted by molar-refractivity contribution is 7.99. The molecule has 2 aromatic rings. The van der Waals surface area contributed by atoms with Crippen molar-refractivity contribution >= 4 is 35.0 Å². The number of rotatable bonds is 4. The number of amides is 1. The summed E-state index contributed by atoms with van der Waals surface area (Å²) >= 11 is 7.06. The summed E-state index contributed by atoms with van der Waals surface area (Å²) in [6.45, 7) is 3.42. The molecule has 0 aliphatic heterocycles. The molecule has 3 N–H and O–H groups in total. The van der Waals surface area contributed by atoms with Crippen molar-refractivity contribution in [1.82, 2.24) is 14.9 Å². The molecule has 7 nitrogen and oxygen atoms in total. The molecule has 22 heavy (non-hydrogen) atoms. The van der Waals surface area contributed by atoms with Crippen LogP contribution in [-0.4, -0.2) is 26.5 Å². The number of nitrogen functional groups attached to an aromatic ring is 1. The normalized spacial score (nSPS) is 10.5. The Morgan fingerprint density at radius 3 is 2.82 bits per heavy atom. The number of aryl methyl sites for hydroxylation is 2. The van der Waals surface area contributed by atoms with Crippen molar-refractivity contribution < 1.29 is 4.79 Å². The van der Waals surface area contributed by atoms with Gasteiger partial charge in [0.05, 0.1) is 16.5 Å². The molecule has 0 unspecified atom stereocenters. The fraction of sp³-hybridized carbons (Fsp3) is 0.231. The quantitative estimate of drug-likeness (QED) is 0.644. The van der Waals surface area contributed by atoms with E-state index in [-0.39, 0.29) is 22.5 Å². The largest absolute Gasteiger partial charge is 0.334 e. The summed E-state index contributed by atoms with van der Waals surface area (Å²) < 4.78 is 0.874. The molecule has 0 spiro atoms. The van der Waals surface area contributed by atoms with E-state index < -0.39 is 5.56 Å². The number of aromatic nitrogens is 3. The van der Waals surface area contributed by atoms with E-state index in [0.29, 0.717) is 10.7 Å². The number of benzene rings is 1. The summed E-state index contributed by atoms with van der Waals surface area (Å²) in [6.07, 6.45) is 0. The van der Waals surface area contributed by atoms with Crippen molar-refractivity contribution in [2.75, 3.05) is 16.9 Å². The summed E-state index contributed by atoms with van der Waals surface area (Å²) in [4.78, 5) is 23.5. The zero-order valence-electron chi connectivity index (χ0n) is 12.0. The molecule has 116 valence electrons. The van der Waals surface area contributed by atoms with Gasteiger partial charge in [-0.1, -0.05) is 29.4 Å². The molecule has 2 rings (SSSR count). The van der Waals surface area contributed by atoms with Gasteiger partial charge in [0.15, 0.2) is 0 Å². The minimum absolute atomic E-state index is 0.0264. The molecule has 0 atom stereocenters. The van der Waals surface area contributed by atoms with Gasteiger partial charge < -0.3 is 11.2 Å². The van der Waals surface area contributed by atoms with Crippen molar-refractivity contribution in [2.24, 2.45) is 0 Å². The minimum Gasteiger partial charge on any atom is -0.334 e. The molecule has 1 aromatic heterocycles. The van der Waals surface area contributed by atoms with Crippen LogP contribution in [0.2, 0.25) is 5.02 Å². The van der Waals surface area contributed by atoms with Gasteiger partial charge in [0.2, 0.25) is 11.1 Å². The third-order valence-electron chi connectivity index (χ3n) is 2.75. The second kappa shape index (κ2) is 6.80. The molecule has 9 heteroatoms. The van der Waals surface area contributed by atoms with Crippen LogP contribution in [-0.2, 0) is 4.79 Å². The van der Waals surface area contributed by atoms with E-state index >= 15 is 0 Å². The maximum absolute atomic E-state index is 11.9. The lowest BCUT2D eigenvalue weighted by atomic mass is 10.2. The van der Waals surface area contributed by atoms with E-state index in [9.17, 15) is 9.59 Å². The van der Waals surface area contributed by atoms with Crippen LogP contribution in [0.4, 0.5) is 5.69 Å². The Labute approximate surface area is 135 Å². The van der Waals surface area contributed by atoms with Crippen LogP contribution in [0.1, 0.15) is 11.3 Å². The minimum atomic E-state index is -0.445. The van der Waals surface area contributed by atoms with Crippen LogP contribution in [0, 0.1) is 13.8 Å². The first kappa shape index (κ1) is 16.3. The van der Waals surface area contributed by atoms with E-state index in [1.807, 2.05) is 13.0 Å². The molecule has 1 amide bonds. The Bertz CT molecular complexity index is 778. The maximum Gasteiger partial charge on any atom is 0.294 e. The maximum atomic E-state index is 11.9. The van der Waals surface area contributed by atoms with Crippen LogP contribution >= 0.6 is 23.4 Å². The topological polar surface area (TPSA) is 103 Å². The molecule has 0 saturated heterocycles. The summed E-state index contributed by atoms with van der Waals surface area (Å²) in [5.74, 6) is 5.33. The third kappa shape index (κ3) is 3.77. The van der Waals surface area contributed by atoms with E-state index in [1.165, 1.54) is 6.92 Å². The SMILES string of the molecule is Cc1ccc(NC(=O)CSc2nnc(C)c(=O)n2N)c(Cl)c1. The monoisotopic (exact) mass is 339 g/mol. The predicted octanol–water partition coefficient (Wildman–Crippen LogP) is 1.35. The smallest absolute Gasteiger partial charge is 0.294 e. The highest BCUT2D eigenvalue weighted by atomic mass is 35.5. The Hall–Kier alpha value is -2.06. The first-order chi connectivity index (χ1) is 10.4. The van der Waals surface area contributed by atoms with Gasteiger partial charge in [0.1, 0.15) is 5.69 Å². The van der Waals surface area contributed by atoms with Gasteiger partial charge >= 0.3 is 0 Å². The molecular weight excluding hydrogens is 326 g/mol. The lowest BCUT2D eigenvalue weighted by molar-refractivity contribution is -0.113. The lowest BCUT2D eigenvalue weighted by Crippen LogP contribution is -2.32. The number of nitrogens with zero attached hydrogens (tertiary/aromatic N) is 3. The van der Waals surface area contributed by atoms with Crippen molar-refractivity contribution in [1.29, 1.82) is 0 Å².